The van der Waals surface area contributed by atoms with E-state index in [1.807, 2.05) is 18.2 Å². The van der Waals surface area contributed by atoms with Gasteiger partial charge in [-0.2, -0.15) is 0 Å². The van der Waals surface area contributed by atoms with E-state index in [2.05, 4.69) is 0 Å². The van der Waals surface area contributed by atoms with Crippen LogP contribution in [-0.2, 0) is 25.6 Å². The van der Waals surface area contributed by atoms with E-state index < -0.39 is 12.7 Å². The van der Waals surface area contributed by atoms with Crippen LogP contribution in [0.1, 0.15) is 13.3 Å². The largest absolute Gasteiger partial charge is 0.449 e. The molecule has 0 unspecified atom stereocenters. The fraction of sp³-hybridized carbons (Fsp3) is 0.417. The van der Waals surface area contributed by atoms with Crippen LogP contribution in [0.15, 0.2) is 30.3 Å². The number of para-hydroxylation sites is 1. The number of rotatable bonds is 3. The van der Waals surface area contributed by atoms with Crippen molar-refractivity contribution >= 4 is 30.2 Å². The molecule has 0 aromatic heterocycles. The van der Waals surface area contributed by atoms with Crippen molar-refractivity contribution in [3.8, 4) is 0 Å². The highest BCUT2D eigenvalue weighted by Gasteiger charge is 2.37. The van der Waals surface area contributed by atoms with Gasteiger partial charge in [-0.3, -0.25) is 0 Å². The van der Waals surface area contributed by atoms with Gasteiger partial charge in [-0.05, 0) is 37.3 Å². The number of amides is 1. The fourth-order valence-electron chi connectivity index (χ4n) is 1.67. The minimum absolute atomic E-state index is 0.275. The summed E-state index contributed by atoms with van der Waals surface area (Å²) in [6.45, 7) is 0.184. The maximum Gasteiger partial charge on any atom is 0.421 e. The monoisotopic (exact) mass is 301 g/mol. The van der Waals surface area contributed by atoms with E-state index in [1.165, 1.54) is 4.67 Å². The molecule has 1 aliphatic rings. The van der Waals surface area contributed by atoms with Gasteiger partial charge in [-0.25, -0.2) is 9.46 Å². The van der Waals surface area contributed by atoms with Crippen LogP contribution < -0.4 is 4.67 Å². The highest BCUT2D eigenvalue weighted by molar-refractivity contribution is 8.11. The third kappa shape index (κ3) is 3.34. The Morgan fingerprint density at radius 3 is 2.58 bits per heavy atom. The van der Waals surface area contributed by atoms with Crippen molar-refractivity contribution < 1.29 is 18.6 Å². The average Bonchev–Trinajstić information content (AvgIpc) is 2.41. The topological polar surface area (TPSA) is 48.0 Å². The van der Waals surface area contributed by atoms with E-state index in [4.69, 9.17) is 25.6 Å². The maximum atomic E-state index is 12.2. The minimum Gasteiger partial charge on any atom is -0.449 e. The molecule has 0 bridgehead atoms. The number of hydrogen-bond acceptors (Lipinski definition) is 5. The molecule has 1 fully saturated rings. The van der Waals surface area contributed by atoms with Gasteiger partial charge < -0.3 is 13.8 Å². The van der Waals surface area contributed by atoms with Gasteiger partial charge in [0.05, 0.1) is 25.5 Å². The van der Waals surface area contributed by atoms with Crippen LogP contribution >= 0.6 is 6.64 Å². The summed E-state index contributed by atoms with van der Waals surface area (Å²) in [5, 5.41) is 0. The van der Waals surface area contributed by atoms with Gasteiger partial charge in [0.1, 0.15) is 0 Å². The highest BCUT2D eigenvalue weighted by Crippen LogP contribution is 2.56. The van der Waals surface area contributed by atoms with E-state index >= 15 is 0 Å². The van der Waals surface area contributed by atoms with Crippen LogP contribution in [0, 0.1) is 0 Å². The van der Waals surface area contributed by atoms with Crippen molar-refractivity contribution in [2.75, 3.05) is 24.5 Å². The summed E-state index contributed by atoms with van der Waals surface area (Å²) in [5.41, 5.74) is 0.631. The van der Waals surface area contributed by atoms with Gasteiger partial charge in [0.15, 0.2) is 0 Å². The van der Waals surface area contributed by atoms with Crippen LogP contribution in [-0.4, -0.2) is 25.9 Å². The lowest BCUT2D eigenvalue weighted by Gasteiger charge is -2.35. The molecule has 1 amide bonds. The summed E-state index contributed by atoms with van der Waals surface area (Å²) in [6.07, 6.45) is 0.253. The van der Waals surface area contributed by atoms with Crippen LogP contribution in [0.5, 0.6) is 0 Å². The molecule has 1 aromatic rings. The molecule has 1 aliphatic heterocycles. The van der Waals surface area contributed by atoms with Crippen molar-refractivity contribution in [2.45, 2.75) is 13.3 Å². The van der Waals surface area contributed by atoms with E-state index in [1.54, 1.807) is 19.1 Å². The first-order valence-corrected chi connectivity index (χ1v) is 8.68. The Kier molecular flexibility index (Phi) is 4.93. The number of nitrogens with zero attached hydrogens (tertiary/aromatic N) is 1. The number of anilines is 1. The zero-order chi connectivity index (χ0) is 13.7. The average molecular weight is 301 g/mol. The zero-order valence-electron chi connectivity index (χ0n) is 10.7. The van der Waals surface area contributed by atoms with Crippen molar-refractivity contribution in [1.82, 2.24) is 0 Å². The third-order valence-corrected chi connectivity index (χ3v) is 5.51. The summed E-state index contributed by atoms with van der Waals surface area (Å²) in [6, 6.07) is 9.09. The van der Waals surface area contributed by atoms with Gasteiger partial charge in [0.25, 0.3) is 6.64 Å². The van der Waals surface area contributed by atoms with Gasteiger partial charge in [-0.1, -0.05) is 18.2 Å². The molecule has 0 saturated carbocycles. The molecule has 0 aliphatic carbocycles. The van der Waals surface area contributed by atoms with E-state index in [0.717, 1.165) is 6.42 Å². The Morgan fingerprint density at radius 2 is 2.00 bits per heavy atom. The zero-order valence-corrected chi connectivity index (χ0v) is 12.4. The Labute approximate surface area is 117 Å². The van der Waals surface area contributed by atoms with Crippen LogP contribution in [0.2, 0.25) is 0 Å². The third-order valence-electron chi connectivity index (χ3n) is 2.48. The number of benzene rings is 1. The molecular formula is C12H16NO4PS. The molecule has 0 spiro atoms. The molecular weight excluding hydrogens is 285 g/mol. The van der Waals surface area contributed by atoms with E-state index in [9.17, 15) is 4.79 Å². The normalized spacial score (nSPS) is 17.7. The van der Waals surface area contributed by atoms with Gasteiger partial charge in [-0.15, -0.1) is 0 Å². The number of ether oxygens (including phenoxy) is 1. The molecule has 1 aromatic carbocycles. The summed E-state index contributed by atoms with van der Waals surface area (Å²) >= 11 is 5.44. The lowest BCUT2D eigenvalue weighted by Crippen LogP contribution is -2.32. The Hall–Kier alpha value is -0.940. The molecule has 0 radical (unpaired) electrons. The predicted octanol–water partition coefficient (Wildman–Crippen LogP) is 3.31. The lowest BCUT2D eigenvalue weighted by molar-refractivity contribution is 0.153. The van der Waals surface area contributed by atoms with Crippen molar-refractivity contribution in [2.24, 2.45) is 0 Å². The highest BCUT2D eigenvalue weighted by atomic mass is 32.5. The second kappa shape index (κ2) is 6.48. The summed E-state index contributed by atoms with van der Waals surface area (Å²) < 4.78 is 17.6. The van der Waals surface area contributed by atoms with Gasteiger partial charge in [0, 0.05) is 0 Å². The van der Waals surface area contributed by atoms with E-state index in [0.29, 0.717) is 18.9 Å². The number of carbonyl (C=O) groups is 1. The SMILES string of the molecule is CCOC(=O)N(c1ccccc1)P1(=S)OCCCO1. The molecule has 7 heteroatoms. The van der Waals surface area contributed by atoms with Crippen LogP contribution in [0.3, 0.4) is 0 Å². The summed E-state index contributed by atoms with van der Waals surface area (Å²) in [4.78, 5) is 12.2. The van der Waals surface area contributed by atoms with Crippen molar-refractivity contribution in [3.63, 3.8) is 0 Å². The smallest absolute Gasteiger partial charge is 0.421 e. The molecule has 0 N–H and O–H groups in total. The molecule has 1 saturated heterocycles. The first-order valence-electron chi connectivity index (χ1n) is 6.09. The van der Waals surface area contributed by atoms with Gasteiger partial charge in [0.2, 0.25) is 0 Å². The number of hydrogen-bond donors (Lipinski definition) is 0. The van der Waals surface area contributed by atoms with Crippen LogP contribution in [0.25, 0.3) is 0 Å². The van der Waals surface area contributed by atoms with E-state index in [-0.39, 0.29) is 6.61 Å². The summed E-state index contributed by atoms with van der Waals surface area (Å²) in [7, 11) is 0. The Bertz CT molecular complexity index is 472. The maximum absolute atomic E-state index is 12.2. The quantitative estimate of drug-likeness (QED) is 0.802. The molecule has 5 nitrogen and oxygen atoms in total. The van der Waals surface area contributed by atoms with Crippen molar-refractivity contribution in [3.05, 3.63) is 30.3 Å². The minimum atomic E-state index is -2.84. The molecule has 1 heterocycles. The molecule has 2 rings (SSSR count). The summed E-state index contributed by atoms with van der Waals surface area (Å²) in [5.74, 6) is 0. The first kappa shape index (κ1) is 14.5. The predicted molar refractivity (Wildman–Crippen MR) is 76.7 cm³/mol. The second-order valence-electron chi connectivity index (χ2n) is 3.83. The fourth-order valence-corrected chi connectivity index (χ4v) is 4.30. The Balaban J connectivity index is 2.34. The number of carbonyl (C=O) groups excluding carboxylic acids is 1. The van der Waals surface area contributed by atoms with Gasteiger partial charge >= 0.3 is 6.09 Å². The van der Waals surface area contributed by atoms with Crippen LogP contribution in [0.4, 0.5) is 10.5 Å². The molecule has 0 atom stereocenters. The molecule has 19 heavy (non-hydrogen) atoms. The molecule has 104 valence electrons. The standard InChI is InChI=1S/C12H16NO4PS/c1-2-15-12(14)13(11-7-4-3-5-8-11)18(19)16-9-6-10-17-18/h3-5,7-8H,2,6,9-10H2,1H3. The second-order valence-corrected chi connectivity index (χ2v) is 7.07. The Morgan fingerprint density at radius 1 is 1.37 bits per heavy atom. The lowest BCUT2D eigenvalue weighted by atomic mass is 10.3. The van der Waals surface area contributed by atoms with Crippen molar-refractivity contribution in [1.29, 1.82) is 0 Å². The first-order chi connectivity index (χ1) is 9.17.